The van der Waals surface area contributed by atoms with Crippen LogP contribution < -0.4 is 4.90 Å². The SMILES string of the molecule is CC(C)(C)C.Fc1ccccc1Cl.N#CC1(c2ccc(Cl)cc2F)CCN(S(=O)c2ccc(N3CCOCC3)nc2)C1. The van der Waals surface area contributed by atoms with Gasteiger partial charge in [-0.1, -0.05) is 69.1 Å². The monoisotopic (exact) mass is 636 g/mol. The van der Waals surface area contributed by atoms with E-state index >= 15 is 0 Å². The molecular formula is C31H36Cl2F2N4O2S. The van der Waals surface area contributed by atoms with Gasteiger partial charge in [0.2, 0.25) is 0 Å². The molecule has 1 aromatic heterocycles. The largest absolute Gasteiger partial charge is 0.378 e. The number of halogens is 4. The molecule has 2 saturated heterocycles. The van der Waals surface area contributed by atoms with Crippen LogP contribution >= 0.6 is 23.2 Å². The Morgan fingerprint density at radius 1 is 1.00 bits per heavy atom. The maximum atomic E-state index is 14.5. The molecule has 0 spiro atoms. The van der Waals surface area contributed by atoms with Crippen LogP contribution in [0.5, 0.6) is 0 Å². The van der Waals surface area contributed by atoms with Crippen molar-refractivity contribution in [3.63, 3.8) is 0 Å². The lowest BCUT2D eigenvalue weighted by Gasteiger charge is -2.27. The van der Waals surface area contributed by atoms with Crippen molar-refractivity contribution in [1.82, 2.24) is 9.29 Å². The van der Waals surface area contributed by atoms with E-state index in [1.165, 1.54) is 18.2 Å². The molecule has 2 aromatic carbocycles. The molecule has 0 saturated carbocycles. The molecule has 2 aliphatic rings. The van der Waals surface area contributed by atoms with Crippen LogP contribution in [-0.4, -0.2) is 52.9 Å². The molecule has 0 radical (unpaired) electrons. The Balaban J connectivity index is 0.000000309. The molecule has 5 rings (SSSR count). The normalized spacial score (nSPS) is 19.5. The number of ether oxygens (including phenoxy) is 1. The number of morpholine rings is 1. The molecule has 6 nitrogen and oxygen atoms in total. The Morgan fingerprint density at radius 2 is 1.67 bits per heavy atom. The molecule has 2 fully saturated rings. The van der Waals surface area contributed by atoms with E-state index in [4.69, 9.17) is 27.9 Å². The topological polar surface area (TPSA) is 69.5 Å². The summed E-state index contributed by atoms with van der Waals surface area (Å²) in [7, 11) is -1.48. The summed E-state index contributed by atoms with van der Waals surface area (Å²) >= 11 is 11.2. The van der Waals surface area contributed by atoms with Crippen LogP contribution in [0.25, 0.3) is 0 Å². The number of benzene rings is 2. The third-order valence-corrected chi connectivity index (χ3v) is 8.18. The van der Waals surface area contributed by atoms with Gasteiger partial charge in [-0.3, -0.25) is 0 Å². The quantitative estimate of drug-likeness (QED) is 0.298. The standard InChI is InChI=1S/C20H20ClFN4O2S.C6H4ClF.C5H12/c21-15-1-3-17(18(22)11-15)20(13-23)5-6-26(14-20)29(27)16-2-4-19(24-12-16)25-7-9-28-10-8-25;7-5-3-1-2-4-6(5)8;1-5(2,3)4/h1-4,11-12H,5-10,14H2;1-4H;1-4H3. The van der Waals surface area contributed by atoms with Crippen molar-refractivity contribution >= 4 is 40.0 Å². The molecule has 3 aromatic rings. The molecule has 0 amide bonds. The van der Waals surface area contributed by atoms with Gasteiger partial charge in [-0.15, -0.1) is 0 Å². The zero-order valence-electron chi connectivity index (χ0n) is 24.2. The predicted octanol–water partition coefficient (Wildman–Crippen LogP) is 7.43. The maximum Gasteiger partial charge on any atom is 0.141 e. The van der Waals surface area contributed by atoms with Gasteiger partial charge in [-0.05, 0) is 48.2 Å². The third kappa shape index (κ3) is 9.72. The van der Waals surface area contributed by atoms with Crippen LogP contribution in [0.1, 0.15) is 39.7 Å². The van der Waals surface area contributed by atoms with Crippen LogP contribution in [0.15, 0.2) is 65.7 Å². The predicted molar refractivity (Wildman–Crippen MR) is 165 cm³/mol. The summed E-state index contributed by atoms with van der Waals surface area (Å²) in [5, 5.41) is 10.3. The van der Waals surface area contributed by atoms with Gasteiger partial charge >= 0.3 is 0 Å². The highest BCUT2D eigenvalue weighted by Crippen LogP contribution is 2.37. The van der Waals surface area contributed by atoms with Crippen molar-refractivity contribution in [2.45, 2.75) is 44.4 Å². The van der Waals surface area contributed by atoms with Crippen molar-refractivity contribution in [3.8, 4) is 6.07 Å². The van der Waals surface area contributed by atoms with Crippen LogP contribution in [0.3, 0.4) is 0 Å². The number of pyridine rings is 1. The first-order chi connectivity index (χ1) is 19.8. The third-order valence-electron chi connectivity index (χ3n) is 6.21. The first-order valence-corrected chi connectivity index (χ1v) is 15.4. The van der Waals surface area contributed by atoms with Gasteiger partial charge in [0.25, 0.3) is 0 Å². The smallest absolute Gasteiger partial charge is 0.141 e. The molecule has 2 atom stereocenters. The number of rotatable bonds is 4. The summed E-state index contributed by atoms with van der Waals surface area (Å²) in [5.74, 6) is -0.0533. The van der Waals surface area contributed by atoms with Gasteiger partial charge in [-0.2, -0.15) is 5.26 Å². The van der Waals surface area contributed by atoms with E-state index in [0.29, 0.717) is 42.1 Å². The Kier molecular flexibility index (Phi) is 12.3. The summed E-state index contributed by atoms with van der Waals surface area (Å²) in [6.45, 7) is 12.2. The molecule has 0 aliphatic carbocycles. The zero-order chi connectivity index (χ0) is 30.9. The maximum absolute atomic E-state index is 14.5. The Labute approximate surface area is 259 Å². The fourth-order valence-electron chi connectivity index (χ4n) is 4.21. The van der Waals surface area contributed by atoms with Crippen molar-refractivity contribution in [2.24, 2.45) is 5.41 Å². The lowest BCUT2D eigenvalue weighted by atomic mass is 9.81. The van der Waals surface area contributed by atoms with E-state index in [1.807, 2.05) is 6.07 Å². The lowest BCUT2D eigenvalue weighted by Crippen LogP contribution is -2.36. The molecule has 2 aliphatic heterocycles. The number of aromatic nitrogens is 1. The Bertz CT molecular complexity index is 1370. The molecule has 0 N–H and O–H groups in total. The highest BCUT2D eigenvalue weighted by molar-refractivity contribution is 7.82. The van der Waals surface area contributed by atoms with E-state index in [1.54, 1.807) is 40.8 Å². The van der Waals surface area contributed by atoms with E-state index in [-0.39, 0.29) is 22.4 Å². The molecule has 0 bridgehead atoms. The van der Waals surface area contributed by atoms with Crippen molar-refractivity contribution < 1.29 is 17.7 Å². The van der Waals surface area contributed by atoms with Gasteiger partial charge in [0.1, 0.15) is 28.4 Å². The zero-order valence-corrected chi connectivity index (χ0v) is 26.6. The molecule has 42 heavy (non-hydrogen) atoms. The fraction of sp³-hybridized carbons (Fsp3) is 0.419. The minimum atomic E-state index is -1.48. The van der Waals surface area contributed by atoms with E-state index in [2.05, 4.69) is 43.6 Å². The summed E-state index contributed by atoms with van der Waals surface area (Å²) < 4.78 is 46.7. The number of hydrogen-bond donors (Lipinski definition) is 0. The van der Waals surface area contributed by atoms with Crippen LogP contribution in [-0.2, 0) is 21.1 Å². The van der Waals surface area contributed by atoms with E-state index < -0.39 is 22.2 Å². The van der Waals surface area contributed by atoms with Gasteiger partial charge in [0, 0.05) is 43.0 Å². The first-order valence-electron chi connectivity index (χ1n) is 13.6. The van der Waals surface area contributed by atoms with Crippen LogP contribution in [0.4, 0.5) is 14.6 Å². The van der Waals surface area contributed by atoms with Crippen molar-refractivity contribution in [2.75, 3.05) is 44.3 Å². The molecule has 3 heterocycles. The highest BCUT2D eigenvalue weighted by atomic mass is 35.5. The Hall–Kier alpha value is -2.61. The number of hydrogen-bond acceptors (Lipinski definition) is 5. The first kappa shape index (κ1) is 33.9. The minimum Gasteiger partial charge on any atom is -0.378 e. The fourth-order valence-corrected chi connectivity index (χ4v) is 5.72. The van der Waals surface area contributed by atoms with Crippen LogP contribution in [0, 0.1) is 28.4 Å². The summed E-state index contributed by atoms with van der Waals surface area (Å²) in [6, 6.07) is 16.3. The van der Waals surface area contributed by atoms with Gasteiger partial charge in [0.05, 0.1) is 34.6 Å². The second-order valence-electron chi connectivity index (χ2n) is 11.5. The average Bonchev–Trinajstić information content (AvgIpc) is 3.40. The molecular weight excluding hydrogens is 601 g/mol. The van der Waals surface area contributed by atoms with Crippen molar-refractivity contribution in [1.29, 1.82) is 5.26 Å². The summed E-state index contributed by atoms with van der Waals surface area (Å²) in [5.41, 5.74) is -0.254. The second-order valence-corrected chi connectivity index (χ2v) is 13.9. The average molecular weight is 638 g/mol. The second kappa shape index (κ2) is 15.2. The highest BCUT2D eigenvalue weighted by Gasteiger charge is 2.44. The summed E-state index contributed by atoms with van der Waals surface area (Å²) in [4.78, 5) is 7.13. The van der Waals surface area contributed by atoms with Gasteiger partial charge in [-0.25, -0.2) is 22.3 Å². The van der Waals surface area contributed by atoms with E-state index in [0.717, 1.165) is 18.9 Å². The van der Waals surface area contributed by atoms with Gasteiger partial charge in [0.15, 0.2) is 0 Å². The van der Waals surface area contributed by atoms with Crippen LogP contribution in [0.2, 0.25) is 10.0 Å². The minimum absolute atomic E-state index is 0.174. The van der Waals surface area contributed by atoms with E-state index in [9.17, 15) is 18.3 Å². The number of nitrogens with zero attached hydrogens (tertiary/aromatic N) is 4. The summed E-state index contributed by atoms with van der Waals surface area (Å²) in [6.07, 6.45) is 2.00. The molecule has 226 valence electrons. The molecule has 2 unspecified atom stereocenters. The van der Waals surface area contributed by atoms with Crippen molar-refractivity contribution in [3.05, 3.63) is 88.0 Å². The lowest BCUT2D eigenvalue weighted by molar-refractivity contribution is 0.122. The number of nitriles is 1. The van der Waals surface area contributed by atoms with Gasteiger partial charge < -0.3 is 9.64 Å². The number of anilines is 1. The molecule has 11 heteroatoms. The Morgan fingerprint density at radius 3 is 2.19 bits per heavy atom.